The highest BCUT2D eigenvalue weighted by Gasteiger charge is 2.03. The van der Waals surface area contributed by atoms with Crippen LogP contribution >= 0.6 is 24.0 Å². The summed E-state index contributed by atoms with van der Waals surface area (Å²) in [6.45, 7) is 2.12. The van der Waals surface area contributed by atoms with Gasteiger partial charge in [0.25, 0.3) is 0 Å². The van der Waals surface area contributed by atoms with Crippen LogP contribution in [0.5, 0.6) is 0 Å². The Morgan fingerprint density at radius 2 is 2.15 bits per heavy atom. The van der Waals surface area contributed by atoms with Gasteiger partial charge >= 0.3 is 0 Å². The molecule has 68 valence electrons. The monoisotopic (exact) mass is 209 g/mol. The first-order valence-corrected chi connectivity index (χ1v) is 5.48. The molecule has 3 heteroatoms. The highest BCUT2D eigenvalue weighted by atomic mass is 32.2. The van der Waals surface area contributed by atoms with Gasteiger partial charge in [0.1, 0.15) is 0 Å². The summed E-state index contributed by atoms with van der Waals surface area (Å²) in [7, 11) is 0. The lowest BCUT2D eigenvalue weighted by molar-refractivity contribution is 1.15. The van der Waals surface area contributed by atoms with Crippen molar-refractivity contribution in [3.8, 4) is 0 Å². The molecule has 1 aromatic heterocycles. The van der Waals surface area contributed by atoms with Gasteiger partial charge < -0.3 is 5.73 Å². The Bertz CT molecular complexity index is 445. The summed E-state index contributed by atoms with van der Waals surface area (Å²) < 4.78 is 2.32. The third-order valence-corrected chi connectivity index (χ3v) is 3.45. The number of fused-ring (bicyclic) bond motifs is 1. The lowest BCUT2D eigenvalue weighted by Gasteiger charge is -2.01. The topological polar surface area (TPSA) is 26.0 Å². The molecule has 0 radical (unpaired) electrons. The van der Waals surface area contributed by atoms with E-state index in [1.54, 1.807) is 11.3 Å². The molecule has 0 aliphatic heterocycles. The number of nitrogen functional groups attached to an aromatic ring is 1. The van der Waals surface area contributed by atoms with E-state index >= 15 is 0 Å². The molecule has 0 fully saturated rings. The molecule has 0 saturated carbocycles. The molecule has 1 aromatic carbocycles. The number of rotatable bonds is 1. The average Bonchev–Trinajstić information content (AvgIpc) is 2.42. The zero-order chi connectivity index (χ0) is 9.42. The van der Waals surface area contributed by atoms with Crippen molar-refractivity contribution in [1.82, 2.24) is 0 Å². The number of benzene rings is 1. The molecule has 0 atom stereocenters. The van der Waals surface area contributed by atoms with E-state index in [0.29, 0.717) is 0 Å². The maximum atomic E-state index is 5.89. The van der Waals surface area contributed by atoms with Crippen LogP contribution in [0.25, 0.3) is 10.1 Å². The van der Waals surface area contributed by atoms with Gasteiger partial charge in [0.2, 0.25) is 0 Å². The number of hydrogen-bond donors (Lipinski definition) is 2. The summed E-state index contributed by atoms with van der Waals surface area (Å²) in [6, 6.07) is 6.25. The summed E-state index contributed by atoms with van der Waals surface area (Å²) in [4.78, 5) is 0. The van der Waals surface area contributed by atoms with E-state index in [0.717, 1.165) is 16.3 Å². The van der Waals surface area contributed by atoms with Crippen LogP contribution in [0, 0.1) is 0 Å². The standard InChI is InChI=1S/C10H11NS2/c1-2-6-4-9-7(3-8(6)11)5-10(12)13-9/h3-5,12H,2,11H2,1H3. The summed E-state index contributed by atoms with van der Waals surface area (Å²) in [6.07, 6.45) is 0.988. The number of anilines is 1. The second kappa shape index (κ2) is 3.24. The van der Waals surface area contributed by atoms with E-state index in [9.17, 15) is 0 Å². The van der Waals surface area contributed by atoms with Gasteiger partial charge in [-0.15, -0.1) is 24.0 Å². The third kappa shape index (κ3) is 1.54. The smallest absolute Gasteiger partial charge is 0.0580 e. The van der Waals surface area contributed by atoms with Crippen LogP contribution in [0.2, 0.25) is 0 Å². The van der Waals surface area contributed by atoms with Crippen LogP contribution in [-0.2, 0) is 6.42 Å². The maximum Gasteiger partial charge on any atom is 0.0580 e. The molecule has 2 aromatic rings. The minimum absolute atomic E-state index is 0.890. The van der Waals surface area contributed by atoms with Gasteiger partial charge in [-0.3, -0.25) is 0 Å². The van der Waals surface area contributed by atoms with Crippen LogP contribution < -0.4 is 5.73 Å². The normalized spacial score (nSPS) is 10.9. The number of thiol groups is 1. The predicted octanol–water partition coefficient (Wildman–Crippen LogP) is 3.33. The van der Waals surface area contributed by atoms with E-state index < -0.39 is 0 Å². The predicted molar refractivity (Wildman–Crippen MR) is 62.9 cm³/mol. The fourth-order valence-electron chi connectivity index (χ4n) is 1.44. The van der Waals surface area contributed by atoms with Crippen molar-refractivity contribution in [3.05, 3.63) is 23.8 Å². The van der Waals surface area contributed by atoms with Gasteiger partial charge in [0.05, 0.1) is 4.21 Å². The quantitative estimate of drug-likeness (QED) is 0.547. The summed E-state index contributed by atoms with van der Waals surface area (Å²) >= 11 is 6.02. The van der Waals surface area contributed by atoms with E-state index in [2.05, 4.69) is 31.7 Å². The number of hydrogen-bond acceptors (Lipinski definition) is 3. The molecular formula is C10H11NS2. The zero-order valence-electron chi connectivity index (χ0n) is 7.37. The number of thiophene rings is 1. The van der Waals surface area contributed by atoms with Gasteiger partial charge in [0.15, 0.2) is 0 Å². The Morgan fingerprint density at radius 1 is 1.38 bits per heavy atom. The van der Waals surface area contributed by atoms with E-state index in [1.165, 1.54) is 15.6 Å². The molecule has 0 aliphatic carbocycles. The van der Waals surface area contributed by atoms with Crippen molar-refractivity contribution in [3.63, 3.8) is 0 Å². The van der Waals surface area contributed by atoms with E-state index in [4.69, 9.17) is 5.73 Å². The van der Waals surface area contributed by atoms with Gasteiger partial charge in [-0.05, 0) is 35.6 Å². The van der Waals surface area contributed by atoms with Crippen LogP contribution in [0.3, 0.4) is 0 Å². The SMILES string of the molecule is CCc1cc2sc(S)cc2cc1N. The molecule has 2 rings (SSSR count). The highest BCUT2D eigenvalue weighted by molar-refractivity contribution is 7.83. The molecule has 1 nitrogen and oxygen atoms in total. The summed E-state index contributed by atoms with van der Waals surface area (Å²) in [5.41, 5.74) is 8.00. The van der Waals surface area contributed by atoms with Crippen LogP contribution in [0.1, 0.15) is 12.5 Å². The van der Waals surface area contributed by atoms with Crippen LogP contribution in [-0.4, -0.2) is 0 Å². The first-order chi connectivity index (χ1) is 6.20. The molecule has 0 amide bonds. The number of nitrogens with two attached hydrogens (primary N) is 1. The Balaban J connectivity index is 2.72. The van der Waals surface area contributed by atoms with E-state index in [1.807, 2.05) is 6.07 Å². The molecule has 1 heterocycles. The zero-order valence-corrected chi connectivity index (χ0v) is 9.08. The highest BCUT2D eigenvalue weighted by Crippen LogP contribution is 2.31. The van der Waals surface area contributed by atoms with E-state index in [-0.39, 0.29) is 0 Å². The lowest BCUT2D eigenvalue weighted by Crippen LogP contribution is -1.91. The molecule has 0 spiro atoms. The van der Waals surface area contributed by atoms with Crippen LogP contribution in [0.4, 0.5) is 5.69 Å². The van der Waals surface area contributed by atoms with Crippen molar-refractivity contribution >= 4 is 39.7 Å². The second-order valence-corrected chi connectivity index (χ2v) is 4.90. The van der Waals surface area contributed by atoms with Crippen molar-refractivity contribution in [2.45, 2.75) is 17.6 Å². The molecular weight excluding hydrogens is 198 g/mol. The number of aryl methyl sites for hydroxylation is 1. The van der Waals surface area contributed by atoms with Gasteiger partial charge in [-0.1, -0.05) is 6.92 Å². The largest absolute Gasteiger partial charge is 0.398 e. The fraction of sp³-hybridized carbons (Fsp3) is 0.200. The first-order valence-electron chi connectivity index (χ1n) is 4.21. The first kappa shape index (κ1) is 8.91. The minimum atomic E-state index is 0.890. The molecule has 0 aliphatic rings. The molecule has 0 unspecified atom stereocenters. The fourth-order valence-corrected chi connectivity index (χ4v) is 2.72. The molecule has 0 saturated heterocycles. The Hall–Kier alpha value is -0.670. The Labute approximate surface area is 87.0 Å². The van der Waals surface area contributed by atoms with Crippen molar-refractivity contribution < 1.29 is 0 Å². The van der Waals surface area contributed by atoms with Crippen molar-refractivity contribution in [1.29, 1.82) is 0 Å². The lowest BCUT2D eigenvalue weighted by atomic mass is 10.1. The van der Waals surface area contributed by atoms with Crippen molar-refractivity contribution in [2.75, 3.05) is 5.73 Å². The van der Waals surface area contributed by atoms with Crippen molar-refractivity contribution in [2.24, 2.45) is 0 Å². The third-order valence-electron chi connectivity index (χ3n) is 2.15. The molecule has 2 N–H and O–H groups in total. The van der Waals surface area contributed by atoms with Crippen LogP contribution in [0.15, 0.2) is 22.4 Å². The maximum absolute atomic E-state index is 5.89. The second-order valence-electron chi connectivity index (χ2n) is 3.03. The van der Waals surface area contributed by atoms with Gasteiger partial charge in [-0.25, -0.2) is 0 Å². The summed E-state index contributed by atoms with van der Waals surface area (Å²) in [5, 5.41) is 1.20. The molecule has 13 heavy (non-hydrogen) atoms. The Morgan fingerprint density at radius 3 is 2.85 bits per heavy atom. The summed E-state index contributed by atoms with van der Waals surface area (Å²) in [5.74, 6) is 0. The minimum Gasteiger partial charge on any atom is -0.398 e. The average molecular weight is 209 g/mol. The van der Waals surface area contributed by atoms with Gasteiger partial charge in [-0.2, -0.15) is 0 Å². The molecule has 0 bridgehead atoms. The van der Waals surface area contributed by atoms with Gasteiger partial charge in [0, 0.05) is 10.4 Å². The Kier molecular flexibility index (Phi) is 2.22.